The summed E-state index contributed by atoms with van der Waals surface area (Å²) in [5.41, 5.74) is 2.59. The van der Waals surface area contributed by atoms with Crippen LogP contribution >= 0.6 is 0 Å². The van der Waals surface area contributed by atoms with Crippen LogP contribution in [0, 0.1) is 0 Å². The van der Waals surface area contributed by atoms with Gasteiger partial charge in [0.15, 0.2) is 0 Å². The summed E-state index contributed by atoms with van der Waals surface area (Å²) in [4.78, 5) is 6.55. The maximum Gasteiger partial charge on any atom is 0.0440 e. The number of pyridine rings is 1. The van der Waals surface area contributed by atoms with E-state index in [4.69, 9.17) is 0 Å². The minimum atomic E-state index is 0.740. The smallest absolute Gasteiger partial charge is 0.0440 e. The third-order valence-electron chi connectivity index (χ3n) is 3.35. The van der Waals surface area contributed by atoms with Crippen molar-refractivity contribution >= 4 is 5.69 Å². The molecule has 0 aromatic carbocycles. The van der Waals surface area contributed by atoms with Gasteiger partial charge in [0.1, 0.15) is 0 Å². The molecule has 0 atom stereocenters. The van der Waals surface area contributed by atoms with Gasteiger partial charge in [0.05, 0.1) is 0 Å². The van der Waals surface area contributed by atoms with Crippen molar-refractivity contribution in [3.05, 3.63) is 36.7 Å². The molecule has 1 fully saturated rings. The summed E-state index contributed by atoms with van der Waals surface area (Å²) < 4.78 is 0. The van der Waals surface area contributed by atoms with Crippen LogP contribution in [0.25, 0.3) is 0 Å². The maximum absolute atomic E-state index is 4.24. The first-order valence-electron chi connectivity index (χ1n) is 6.79. The van der Waals surface area contributed by atoms with Gasteiger partial charge in [0, 0.05) is 49.8 Å². The van der Waals surface area contributed by atoms with Crippen LogP contribution in [0.4, 0.5) is 5.69 Å². The van der Waals surface area contributed by atoms with Gasteiger partial charge in [-0.3, -0.25) is 4.98 Å². The van der Waals surface area contributed by atoms with Crippen LogP contribution in [0.5, 0.6) is 0 Å². The molecule has 0 saturated heterocycles. The number of rotatable bonds is 8. The average Bonchev–Trinajstić information content (AvgIpc) is 3.21. The number of anilines is 1. The monoisotopic (exact) mass is 245 g/mol. The molecule has 1 saturated carbocycles. The van der Waals surface area contributed by atoms with Crippen molar-refractivity contribution in [1.29, 1.82) is 0 Å². The fourth-order valence-electron chi connectivity index (χ4n) is 2.06. The highest BCUT2D eigenvalue weighted by Crippen LogP contribution is 2.22. The highest BCUT2D eigenvalue weighted by molar-refractivity contribution is 5.51. The number of unbranched alkanes of at least 4 members (excludes halogenated alkanes) is 1. The van der Waals surface area contributed by atoms with Gasteiger partial charge in [-0.1, -0.05) is 6.08 Å². The lowest BCUT2D eigenvalue weighted by atomic mass is 10.2. The number of nitrogens with one attached hydrogen (secondary N) is 1. The summed E-state index contributed by atoms with van der Waals surface area (Å²) in [6.45, 7) is 5.76. The van der Waals surface area contributed by atoms with Crippen LogP contribution in [-0.4, -0.2) is 24.6 Å². The molecule has 0 aliphatic heterocycles. The summed E-state index contributed by atoms with van der Waals surface area (Å²) in [5, 5.41) is 3.55. The molecule has 0 unspecified atom stereocenters. The fourth-order valence-corrected chi connectivity index (χ4v) is 2.06. The molecule has 0 bridgehead atoms. The van der Waals surface area contributed by atoms with Crippen molar-refractivity contribution < 1.29 is 0 Å². The van der Waals surface area contributed by atoms with Gasteiger partial charge in [-0.05, 0) is 31.7 Å². The normalized spacial score (nSPS) is 14.5. The van der Waals surface area contributed by atoms with E-state index < -0.39 is 0 Å². The molecular formula is C15H23N3. The van der Waals surface area contributed by atoms with Crippen LogP contribution in [0.2, 0.25) is 0 Å². The Labute approximate surface area is 110 Å². The summed E-state index contributed by atoms with van der Waals surface area (Å²) in [7, 11) is 2.15. The molecule has 18 heavy (non-hydrogen) atoms. The van der Waals surface area contributed by atoms with Crippen molar-refractivity contribution in [1.82, 2.24) is 10.3 Å². The predicted octanol–water partition coefficient (Wildman–Crippen LogP) is 2.74. The van der Waals surface area contributed by atoms with Gasteiger partial charge in [-0.2, -0.15) is 0 Å². The number of nitrogens with zero attached hydrogens (tertiary/aromatic N) is 2. The second-order valence-electron chi connectivity index (χ2n) is 5.01. The van der Waals surface area contributed by atoms with Crippen molar-refractivity contribution in [3.8, 4) is 0 Å². The van der Waals surface area contributed by atoms with E-state index in [0.717, 1.165) is 32.0 Å². The van der Waals surface area contributed by atoms with Gasteiger partial charge < -0.3 is 10.2 Å². The Morgan fingerprint density at radius 1 is 1.56 bits per heavy atom. The van der Waals surface area contributed by atoms with Crippen LogP contribution in [0.1, 0.15) is 31.2 Å². The molecule has 0 radical (unpaired) electrons. The molecule has 3 nitrogen and oxygen atoms in total. The molecule has 98 valence electrons. The number of hydrogen-bond acceptors (Lipinski definition) is 3. The number of allylic oxidation sites excluding steroid dienone is 1. The van der Waals surface area contributed by atoms with Gasteiger partial charge in [-0.25, -0.2) is 0 Å². The Morgan fingerprint density at radius 2 is 2.39 bits per heavy atom. The average molecular weight is 245 g/mol. The van der Waals surface area contributed by atoms with Gasteiger partial charge >= 0.3 is 0 Å². The minimum Gasteiger partial charge on any atom is -0.374 e. The second-order valence-corrected chi connectivity index (χ2v) is 5.01. The van der Waals surface area contributed by atoms with Crippen molar-refractivity contribution in [2.75, 3.05) is 18.5 Å². The largest absolute Gasteiger partial charge is 0.374 e. The Bertz CT molecular complexity index is 385. The lowest BCUT2D eigenvalue weighted by Gasteiger charge is -2.22. The Balaban J connectivity index is 1.93. The van der Waals surface area contributed by atoms with E-state index >= 15 is 0 Å². The van der Waals surface area contributed by atoms with E-state index in [-0.39, 0.29) is 0 Å². The van der Waals surface area contributed by atoms with E-state index in [2.05, 4.69) is 34.9 Å². The first kappa shape index (κ1) is 13.1. The van der Waals surface area contributed by atoms with Crippen molar-refractivity contribution in [2.45, 2.75) is 38.3 Å². The molecule has 3 heteroatoms. The SMILES string of the molecule is C=CCCCN(C)c1ccncc1CNC1CC1. The van der Waals surface area contributed by atoms with E-state index in [1.54, 1.807) is 0 Å². The van der Waals surface area contributed by atoms with E-state index in [1.165, 1.54) is 24.1 Å². The molecule has 0 amide bonds. The van der Waals surface area contributed by atoms with E-state index in [9.17, 15) is 0 Å². The zero-order valence-electron chi connectivity index (χ0n) is 11.2. The molecule has 1 aromatic heterocycles. The molecule has 2 rings (SSSR count). The third kappa shape index (κ3) is 3.84. The van der Waals surface area contributed by atoms with Crippen molar-refractivity contribution in [3.63, 3.8) is 0 Å². The minimum absolute atomic E-state index is 0.740. The maximum atomic E-state index is 4.24. The van der Waals surface area contributed by atoms with Crippen molar-refractivity contribution in [2.24, 2.45) is 0 Å². The van der Waals surface area contributed by atoms with Gasteiger partial charge in [-0.15, -0.1) is 6.58 Å². The highest BCUT2D eigenvalue weighted by atomic mass is 15.1. The van der Waals surface area contributed by atoms with Gasteiger partial charge in [0.25, 0.3) is 0 Å². The second kappa shape index (κ2) is 6.55. The summed E-state index contributed by atoms with van der Waals surface area (Å²) >= 11 is 0. The molecule has 1 aliphatic carbocycles. The zero-order valence-corrected chi connectivity index (χ0v) is 11.2. The molecule has 1 heterocycles. The first-order valence-corrected chi connectivity index (χ1v) is 6.79. The lowest BCUT2D eigenvalue weighted by molar-refractivity contribution is 0.682. The fraction of sp³-hybridized carbons (Fsp3) is 0.533. The standard InChI is InChI=1S/C15H23N3/c1-3-4-5-10-18(2)15-8-9-16-11-13(15)12-17-14-6-7-14/h3,8-9,11,14,17H,1,4-7,10,12H2,2H3. The summed E-state index contributed by atoms with van der Waals surface area (Å²) in [5.74, 6) is 0. The van der Waals surface area contributed by atoms with Crippen LogP contribution in [0.15, 0.2) is 31.1 Å². The number of aromatic nitrogens is 1. The first-order chi connectivity index (χ1) is 8.81. The van der Waals surface area contributed by atoms with Gasteiger partial charge in [0.2, 0.25) is 0 Å². The topological polar surface area (TPSA) is 28.2 Å². The molecule has 1 aromatic rings. The van der Waals surface area contributed by atoms with Crippen LogP contribution in [0.3, 0.4) is 0 Å². The van der Waals surface area contributed by atoms with Crippen LogP contribution < -0.4 is 10.2 Å². The molecule has 1 N–H and O–H groups in total. The molecule has 1 aliphatic rings. The highest BCUT2D eigenvalue weighted by Gasteiger charge is 2.20. The number of hydrogen-bond donors (Lipinski definition) is 1. The Hall–Kier alpha value is -1.35. The van der Waals surface area contributed by atoms with Crippen LogP contribution in [-0.2, 0) is 6.54 Å². The zero-order chi connectivity index (χ0) is 12.8. The van der Waals surface area contributed by atoms with E-state index in [1.807, 2.05) is 18.5 Å². The third-order valence-corrected chi connectivity index (χ3v) is 3.35. The summed E-state index contributed by atoms with van der Waals surface area (Å²) in [6, 6.07) is 2.85. The predicted molar refractivity (Wildman–Crippen MR) is 76.8 cm³/mol. The summed E-state index contributed by atoms with van der Waals surface area (Å²) in [6.07, 6.45) is 10.7. The quantitative estimate of drug-likeness (QED) is 0.564. The lowest BCUT2D eigenvalue weighted by Crippen LogP contribution is -2.23. The molecule has 0 spiro atoms. The Morgan fingerprint density at radius 3 is 3.11 bits per heavy atom. The molecular weight excluding hydrogens is 222 g/mol. The van der Waals surface area contributed by atoms with E-state index in [0.29, 0.717) is 0 Å². The Kier molecular flexibility index (Phi) is 4.76.